The van der Waals surface area contributed by atoms with Crippen LogP contribution in [0.5, 0.6) is 0 Å². The highest BCUT2D eigenvalue weighted by Crippen LogP contribution is 2.37. The van der Waals surface area contributed by atoms with Gasteiger partial charge in [-0.3, -0.25) is 0 Å². The maximum absolute atomic E-state index is 5.56. The van der Waals surface area contributed by atoms with Crippen LogP contribution < -0.4 is 0 Å². The Kier molecular flexibility index (Phi) is 3.07. The first-order valence-electron chi connectivity index (χ1n) is 8.93. The standard InChI is InChI=1S/C24H15NOS/c1-2-4-20-16(3-1)11-21(25-20)17-6-8-19-14-24(27-23(19)13-17)18-7-5-15-9-10-26-22(15)12-18/h1-14,25H. The minimum Gasteiger partial charge on any atom is -0.464 e. The summed E-state index contributed by atoms with van der Waals surface area (Å²) in [5.74, 6) is 0. The van der Waals surface area contributed by atoms with E-state index in [1.165, 1.54) is 37.0 Å². The van der Waals surface area contributed by atoms with E-state index in [0.29, 0.717) is 0 Å². The summed E-state index contributed by atoms with van der Waals surface area (Å²) < 4.78 is 6.85. The number of thiophene rings is 1. The smallest absolute Gasteiger partial charge is 0.134 e. The van der Waals surface area contributed by atoms with Crippen molar-refractivity contribution in [2.75, 3.05) is 0 Å². The molecule has 27 heavy (non-hydrogen) atoms. The second kappa shape index (κ2) is 5.60. The summed E-state index contributed by atoms with van der Waals surface area (Å²) in [5, 5.41) is 3.65. The predicted molar refractivity (Wildman–Crippen MR) is 114 cm³/mol. The molecule has 0 aliphatic carbocycles. The number of hydrogen-bond acceptors (Lipinski definition) is 2. The minimum atomic E-state index is 0.934. The van der Waals surface area contributed by atoms with Crippen LogP contribution in [0.3, 0.4) is 0 Å². The van der Waals surface area contributed by atoms with E-state index in [4.69, 9.17) is 4.42 Å². The first-order valence-corrected chi connectivity index (χ1v) is 9.74. The van der Waals surface area contributed by atoms with Crippen LogP contribution in [-0.2, 0) is 0 Å². The number of fused-ring (bicyclic) bond motifs is 3. The summed E-state index contributed by atoms with van der Waals surface area (Å²) in [6.07, 6.45) is 1.74. The molecule has 0 bridgehead atoms. The zero-order valence-electron chi connectivity index (χ0n) is 14.4. The molecule has 0 amide bonds. The van der Waals surface area contributed by atoms with Gasteiger partial charge in [-0.1, -0.05) is 42.5 Å². The molecular formula is C24H15NOS. The van der Waals surface area contributed by atoms with E-state index in [2.05, 4.69) is 77.8 Å². The lowest BCUT2D eigenvalue weighted by Gasteiger charge is -1.98. The maximum Gasteiger partial charge on any atom is 0.134 e. The summed E-state index contributed by atoms with van der Waals surface area (Å²) in [6, 6.07) is 28.0. The van der Waals surface area contributed by atoms with Crippen LogP contribution >= 0.6 is 11.3 Å². The van der Waals surface area contributed by atoms with Gasteiger partial charge in [-0.05, 0) is 52.9 Å². The molecule has 128 valence electrons. The second-order valence-corrected chi connectivity index (χ2v) is 7.89. The van der Waals surface area contributed by atoms with Crippen molar-refractivity contribution in [3.8, 4) is 21.7 Å². The Bertz CT molecular complexity index is 1400. The Morgan fingerprint density at radius 2 is 1.59 bits per heavy atom. The number of hydrogen-bond donors (Lipinski definition) is 1. The number of benzene rings is 3. The van der Waals surface area contributed by atoms with Gasteiger partial charge in [0.15, 0.2) is 0 Å². The van der Waals surface area contributed by atoms with Crippen LogP contribution in [0.2, 0.25) is 0 Å². The van der Waals surface area contributed by atoms with Crippen LogP contribution in [0.4, 0.5) is 0 Å². The minimum absolute atomic E-state index is 0.934. The fourth-order valence-corrected chi connectivity index (χ4v) is 4.78. The molecule has 0 aliphatic heterocycles. The zero-order valence-corrected chi connectivity index (χ0v) is 15.2. The molecule has 3 heterocycles. The third-order valence-electron chi connectivity index (χ3n) is 5.10. The van der Waals surface area contributed by atoms with Gasteiger partial charge in [-0.25, -0.2) is 0 Å². The van der Waals surface area contributed by atoms with Gasteiger partial charge in [-0.15, -0.1) is 11.3 Å². The van der Waals surface area contributed by atoms with Gasteiger partial charge in [0, 0.05) is 31.6 Å². The largest absolute Gasteiger partial charge is 0.464 e. The van der Waals surface area contributed by atoms with Gasteiger partial charge in [0.25, 0.3) is 0 Å². The highest BCUT2D eigenvalue weighted by Gasteiger charge is 2.09. The molecule has 0 spiro atoms. The summed E-state index contributed by atoms with van der Waals surface area (Å²) in [7, 11) is 0. The molecule has 3 heteroatoms. The second-order valence-electron chi connectivity index (χ2n) is 6.81. The zero-order chi connectivity index (χ0) is 17.8. The van der Waals surface area contributed by atoms with Crippen LogP contribution in [-0.4, -0.2) is 4.98 Å². The average Bonchev–Trinajstić information content (AvgIpc) is 3.42. The molecule has 0 saturated carbocycles. The number of rotatable bonds is 2. The van der Waals surface area contributed by atoms with E-state index in [1.54, 1.807) is 6.26 Å². The van der Waals surface area contributed by atoms with Crippen LogP contribution in [0, 0.1) is 0 Å². The van der Waals surface area contributed by atoms with Gasteiger partial charge in [-0.2, -0.15) is 0 Å². The van der Waals surface area contributed by atoms with Gasteiger partial charge < -0.3 is 9.40 Å². The lowest BCUT2D eigenvalue weighted by Crippen LogP contribution is -1.75. The topological polar surface area (TPSA) is 28.9 Å². The van der Waals surface area contributed by atoms with Crippen molar-refractivity contribution >= 4 is 43.3 Å². The number of aromatic nitrogens is 1. The van der Waals surface area contributed by atoms with Gasteiger partial charge in [0.1, 0.15) is 5.58 Å². The van der Waals surface area contributed by atoms with E-state index in [0.717, 1.165) is 16.7 Å². The molecule has 0 radical (unpaired) electrons. The SMILES string of the molecule is c1ccc2[nH]c(-c3ccc4cc(-c5ccc6ccoc6c5)sc4c3)cc2c1. The van der Waals surface area contributed by atoms with Crippen molar-refractivity contribution in [1.29, 1.82) is 0 Å². The molecule has 0 unspecified atom stereocenters. The summed E-state index contributed by atoms with van der Waals surface area (Å²) >= 11 is 1.82. The molecule has 3 aromatic heterocycles. The van der Waals surface area contributed by atoms with E-state index in [-0.39, 0.29) is 0 Å². The Morgan fingerprint density at radius 1 is 0.704 bits per heavy atom. The third kappa shape index (κ3) is 2.40. The van der Waals surface area contributed by atoms with Crippen molar-refractivity contribution in [1.82, 2.24) is 4.98 Å². The number of para-hydroxylation sites is 1. The third-order valence-corrected chi connectivity index (χ3v) is 6.25. The molecule has 0 atom stereocenters. The van der Waals surface area contributed by atoms with E-state index < -0.39 is 0 Å². The number of furan rings is 1. The highest BCUT2D eigenvalue weighted by molar-refractivity contribution is 7.22. The normalized spacial score (nSPS) is 11.7. The number of H-pyrrole nitrogens is 1. The van der Waals surface area contributed by atoms with Gasteiger partial charge in [0.2, 0.25) is 0 Å². The maximum atomic E-state index is 5.56. The van der Waals surface area contributed by atoms with Crippen molar-refractivity contribution in [3.63, 3.8) is 0 Å². The first-order chi connectivity index (χ1) is 13.3. The summed E-state index contributed by atoms with van der Waals surface area (Å²) in [4.78, 5) is 4.79. The van der Waals surface area contributed by atoms with Crippen LogP contribution in [0.25, 0.3) is 53.7 Å². The van der Waals surface area contributed by atoms with Crippen molar-refractivity contribution < 1.29 is 4.42 Å². The number of aromatic amines is 1. The first kappa shape index (κ1) is 14.8. The van der Waals surface area contributed by atoms with E-state index in [9.17, 15) is 0 Å². The molecular weight excluding hydrogens is 350 g/mol. The molecule has 0 aliphatic rings. The molecule has 6 rings (SSSR count). The van der Waals surface area contributed by atoms with Gasteiger partial charge in [0.05, 0.1) is 6.26 Å². The monoisotopic (exact) mass is 365 g/mol. The van der Waals surface area contributed by atoms with Crippen LogP contribution in [0.15, 0.2) is 89.5 Å². The van der Waals surface area contributed by atoms with Crippen molar-refractivity contribution in [2.45, 2.75) is 0 Å². The highest BCUT2D eigenvalue weighted by atomic mass is 32.1. The molecule has 1 N–H and O–H groups in total. The molecule has 2 nitrogen and oxygen atoms in total. The van der Waals surface area contributed by atoms with Crippen molar-refractivity contribution in [2.24, 2.45) is 0 Å². The molecule has 0 saturated heterocycles. The number of nitrogens with one attached hydrogen (secondary N) is 1. The Hall–Kier alpha value is -3.30. The average molecular weight is 365 g/mol. The summed E-state index contributed by atoms with van der Waals surface area (Å²) in [5.41, 5.74) is 5.68. The molecule has 0 fully saturated rings. The Balaban J connectivity index is 1.46. The lowest BCUT2D eigenvalue weighted by atomic mass is 10.1. The molecule has 3 aromatic carbocycles. The van der Waals surface area contributed by atoms with Crippen LogP contribution in [0.1, 0.15) is 0 Å². The Labute approximate surface area is 159 Å². The van der Waals surface area contributed by atoms with E-state index >= 15 is 0 Å². The van der Waals surface area contributed by atoms with Gasteiger partial charge >= 0.3 is 0 Å². The van der Waals surface area contributed by atoms with E-state index in [1.807, 2.05) is 17.4 Å². The fourth-order valence-electron chi connectivity index (χ4n) is 3.68. The summed E-state index contributed by atoms with van der Waals surface area (Å²) in [6.45, 7) is 0. The quantitative estimate of drug-likeness (QED) is 0.339. The fraction of sp³-hybridized carbons (Fsp3) is 0. The predicted octanol–water partition coefficient (Wildman–Crippen LogP) is 7.46. The molecule has 6 aromatic rings. The lowest BCUT2D eigenvalue weighted by molar-refractivity contribution is 0.616. The van der Waals surface area contributed by atoms with Crippen molar-refractivity contribution in [3.05, 3.63) is 85.1 Å². The Morgan fingerprint density at radius 3 is 2.56 bits per heavy atom.